The summed E-state index contributed by atoms with van der Waals surface area (Å²) < 4.78 is 0. The van der Waals surface area contributed by atoms with Crippen molar-refractivity contribution >= 4 is 35.4 Å². The third kappa shape index (κ3) is 3.26. The molecule has 1 aliphatic carbocycles. The second-order valence-electron chi connectivity index (χ2n) is 5.10. The SMILES string of the molecule is Cc1cnnc2c1/C(=N/NC(=N)N)CC(c1ccsc1)C2.Cl. The number of guanidine groups is 1. The summed E-state index contributed by atoms with van der Waals surface area (Å²) in [7, 11) is 0. The molecule has 1 atom stereocenters. The summed E-state index contributed by atoms with van der Waals surface area (Å²) in [4.78, 5) is 0. The molecule has 4 N–H and O–H groups in total. The normalized spacial score (nSPS) is 18.4. The second-order valence-corrected chi connectivity index (χ2v) is 5.88. The molecule has 6 nitrogen and oxygen atoms in total. The molecule has 0 aliphatic heterocycles. The number of nitrogens with zero attached hydrogens (tertiary/aromatic N) is 3. The van der Waals surface area contributed by atoms with Gasteiger partial charge < -0.3 is 5.73 Å². The van der Waals surface area contributed by atoms with Crippen LogP contribution in [0.25, 0.3) is 0 Å². The first-order valence-electron chi connectivity index (χ1n) is 6.65. The van der Waals surface area contributed by atoms with Gasteiger partial charge in [-0.05, 0) is 53.6 Å². The predicted octanol–water partition coefficient (Wildman–Crippen LogP) is 2.19. The van der Waals surface area contributed by atoms with Crippen LogP contribution in [0, 0.1) is 12.3 Å². The Morgan fingerprint density at radius 1 is 1.50 bits per heavy atom. The van der Waals surface area contributed by atoms with Crippen molar-refractivity contribution in [2.45, 2.75) is 25.7 Å². The van der Waals surface area contributed by atoms with E-state index in [0.29, 0.717) is 5.92 Å². The van der Waals surface area contributed by atoms with E-state index in [-0.39, 0.29) is 18.4 Å². The number of aryl methyl sites for hydroxylation is 1. The van der Waals surface area contributed by atoms with Gasteiger partial charge in [-0.2, -0.15) is 26.6 Å². The molecule has 0 radical (unpaired) electrons. The molecule has 0 bridgehead atoms. The molecule has 8 heteroatoms. The van der Waals surface area contributed by atoms with Gasteiger partial charge >= 0.3 is 0 Å². The summed E-state index contributed by atoms with van der Waals surface area (Å²) in [6, 6.07) is 2.14. The fourth-order valence-corrected chi connectivity index (χ4v) is 3.42. The van der Waals surface area contributed by atoms with Gasteiger partial charge in [-0.3, -0.25) is 5.41 Å². The molecule has 0 spiro atoms. The van der Waals surface area contributed by atoms with Gasteiger partial charge in [0.2, 0.25) is 5.96 Å². The highest BCUT2D eigenvalue weighted by Gasteiger charge is 2.28. The maximum absolute atomic E-state index is 7.27. The van der Waals surface area contributed by atoms with E-state index in [0.717, 1.165) is 35.4 Å². The van der Waals surface area contributed by atoms with E-state index in [1.165, 1.54) is 5.56 Å². The van der Waals surface area contributed by atoms with Crippen molar-refractivity contribution in [1.82, 2.24) is 15.6 Å². The first-order valence-corrected chi connectivity index (χ1v) is 7.59. The molecule has 0 amide bonds. The molecule has 0 saturated heterocycles. The molecule has 2 heterocycles. The van der Waals surface area contributed by atoms with Crippen molar-refractivity contribution in [1.29, 1.82) is 5.41 Å². The van der Waals surface area contributed by atoms with Crippen LogP contribution in [0.5, 0.6) is 0 Å². The number of hydrazone groups is 1. The lowest BCUT2D eigenvalue weighted by atomic mass is 9.81. The van der Waals surface area contributed by atoms with E-state index in [9.17, 15) is 0 Å². The standard InChI is InChI=1S/C14H16N6S.ClH/c1-8-6-17-18-11-4-10(9-2-3-21-7-9)5-12(13(8)11)19-20-14(15)16;/h2-3,6-7,10H,4-5H2,1H3,(H4,15,16,20);1H/b19-12+;. The fraction of sp³-hybridized carbons (Fsp3) is 0.286. The maximum Gasteiger partial charge on any atom is 0.206 e. The van der Waals surface area contributed by atoms with Gasteiger partial charge in [-0.15, -0.1) is 12.4 Å². The van der Waals surface area contributed by atoms with Crippen molar-refractivity contribution in [2.24, 2.45) is 10.8 Å². The van der Waals surface area contributed by atoms with Crippen molar-refractivity contribution < 1.29 is 0 Å². The summed E-state index contributed by atoms with van der Waals surface area (Å²) in [6.07, 6.45) is 3.41. The largest absolute Gasteiger partial charge is 0.369 e. The topological polar surface area (TPSA) is 100 Å². The van der Waals surface area contributed by atoms with Crippen LogP contribution in [0.15, 0.2) is 28.1 Å². The maximum atomic E-state index is 7.27. The summed E-state index contributed by atoms with van der Waals surface area (Å²) in [6.45, 7) is 2.00. The first-order chi connectivity index (χ1) is 10.1. The van der Waals surface area contributed by atoms with Crippen molar-refractivity contribution in [3.05, 3.63) is 45.4 Å². The highest BCUT2D eigenvalue weighted by atomic mass is 35.5. The lowest BCUT2D eigenvalue weighted by Crippen LogP contribution is -2.29. The van der Waals surface area contributed by atoms with Crippen LogP contribution in [0.4, 0.5) is 0 Å². The van der Waals surface area contributed by atoms with E-state index in [4.69, 9.17) is 11.1 Å². The van der Waals surface area contributed by atoms with Crippen molar-refractivity contribution in [3.63, 3.8) is 0 Å². The molecule has 2 aromatic heterocycles. The third-order valence-electron chi connectivity index (χ3n) is 3.61. The van der Waals surface area contributed by atoms with Crippen molar-refractivity contribution in [2.75, 3.05) is 0 Å². The van der Waals surface area contributed by atoms with Gasteiger partial charge in [0.15, 0.2) is 0 Å². The predicted molar refractivity (Wildman–Crippen MR) is 91.0 cm³/mol. The Bertz CT molecular complexity index is 697. The lowest BCUT2D eigenvalue weighted by Gasteiger charge is -2.25. The van der Waals surface area contributed by atoms with E-state index in [1.807, 2.05) is 6.92 Å². The molecule has 0 aromatic carbocycles. The Kier molecular flexibility index (Phi) is 5.10. The summed E-state index contributed by atoms with van der Waals surface area (Å²) in [5.41, 5.74) is 13.1. The first kappa shape index (κ1) is 16.4. The molecule has 0 saturated carbocycles. The van der Waals surface area contributed by atoms with Gasteiger partial charge in [-0.25, -0.2) is 5.43 Å². The molecule has 0 fully saturated rings. The number of halogens is 1. The molecular formula is C14H17ClN6S. The summed E-state index contributed by atoms with van der Waals surface area (Å²) >= 11 is 1.69. The molecule has 3 rings (SSSR count). The highest BCUT2D eigenvalue weighted by Crippen LogP contribution is 2.33. The molecule has 2 aromatic rings. The fourth-order valence-electron chi connectivity index (χ4n) is 2.68. The van der Waals surface area contributed by atoms with Gasteiger partial charge in [0.1, 0.15) is 0 Å². The number of thiophene rings is 1. The van der Waals surface area contributed by atoms with Crippen molar-refractivity contribution in [3.8, 4) is 0 Å². The Morgan fingerprint density at radius 2 is 2.32 bits per heavy atom. The minimum Gasteiger partial charge on any atom is -0.369 e. The average molecular weight is 337 g/mol. The van der Waals surface area contributed by atoms with Crippen LogP contribution < -0.4 is 11.2 Å². The van der Waals surface area contributed by atoms with Crippen LogP contribution in [0.1, 0.15) is 34.7 Å². The third-order valence-corrected chi connectivity index (χ3v) is 4.31. The zero-order valence-corrected chi connectivity index (χ0v) is 13.7. The Hall–Kier alpha value is -1.99. The number of nitrogens with two attached hydrogens (primary N) is 1. The van der Waals surface area contributed by atoms with E-state index >= 15 is 0 Å². The quantitative estimate of drug-likeness (QED) is 0.444. The minimum absolute atomic E-state index is 0. The van der Waals surface area contributed by atoms with Gasteiger partial charge in [0, 0.05) is 5.56 Å². The molecule has 22 heavy (non-hydrogen) atoms. The lowest BCUT2D eigenvalue weighted by molar-refractivity contribution is 0.665. The Balaban J connectivity index is 0.00000176. The highest BCUT2D eigenvalue weighted by molar-refractivity contribution is 7.08. The number of hydrogen-bond donors (Lipinski definition) is 3. The van der Waals surface area contributed by atoms with E-state index in [1.54, 1.807) is 17.5 Å². The number of fused-ring (bicyclic) bond motifs is 1. The number of aromatic nitrogens is 2. The van der Waals surface area contributed by atoms with E-state index in [2.05, 4.69) is 37.6 Å². The molecule has 116 valence electrons. The van der Waals surface area contributed by atoms with Crippen LogP contribution in [0.2, 0.25) is 0 Å². The minimum atomic E-state index is -0.165. The van der Waals surface area contributed by atoms with Gasteiger partial charge in [0.25, 0.3) is 0 Å². The average Bonchev–Trinajstić information content (AvgIpc) is 2.98. The van der Waals surface area contributed by atoms with Gasteiger partial charge in [-0.1, -0.05) is 0 Å². The molecule has 1 unspecified atom stereocenters. The van der Waals surface area contributed by atoms with Crippen LogP contribution >= 0.6 is 23.7 Å². The van der Waals surface area contributed by atoms with Crippen LogP contribution in [-0.4, -0.2) is 21.9 Å². The second kappa shape index (κ2) is 6.85. The summed E-state index contributed by atoms with van der Waals surface area (Å²) in [5, 5.41) is 24.1. The van der Waals surface area contributed by atoms with Crippen LogP contribution in [-0.2, 0) is 6.42 Å². The number of nitrogens with one attached hydrogen (secondary N) is 2. The van der Waals surface area contributed by atoms with Crippen LogP contribution in [0.3, 0.4) is 0 Å². The Morgan fingerprint density at radius 3 is 3.00 bits per heavy atom. The Labute approximate surface area is 138 Å². The summed E-state index contributed by atoms with van der Waals surface area (Å²) in [5.74, 6) is 0.175. The smallest absolute Gasteiger partial charge is 0.206 e. The van der Waals surface area contributed by atoms with E-state index < -0.39 is 0 Å². The van der Waals surface area contributed by atoms with Gasteiger partial charge in [0.05, 0.1) is 17.6 Å². The molecule has 1 aliphatic rings. The zero-order chi connectivity index (χ0) is 14.8. The zero-order valence-electron chi connectivity index (χ0n) is 12.0. The number of hydrogen-bond acceptors (Lipinski definition) is 5. The monoisotopic (exact) mass is 336 g/mol. The number of rotatable bonds is 2. The molecular weight excluding hydrogens is 320 g/mol.